The van der Waals surface area contributed by atoms with Crippen LogP contribution in [0.15, 0.2) is 17.6 Å². The molecular formula is C9H11FN2S. The van der Waals surface area contributed by atoms with Crippen molar-refractivity contribution < 1.29 is 4.39 Å². The van der Waals surface area contributed by atoms with Gasteiger partial charge in [0.15, 0.2) is 0 Å². The highest BCUT2D eigenvalue weighted by atomic mass is 32.1. The number of thiophene rings is 1. The highest BCUT2D eigenvalue weighted by molar-refractivity contribution is 7.10. The van der Waals surface area contributed by atoms with Gasteiger partial charge in [0.05, 0.1) is 12.7 Å². The van der Waals surface area contributed by atoms with Gasteiger partial charge < -0.3 is 5.01 Å². The predicted octanol–water partition coefficient (Wildman–Crippen LogP) is 2.31. The van der Waals surface area contributed by atoms with Crippen LogP contribution in [-0.4, -0.2) is 24.1 Å². The van der Waals surface area contributed by atoms with Crippen molar-refractivity contribution in [3.05, 3.63) is 28.1 Å². The number of nitrogens with zero attached hydrogens (tertiary/aromatic N) is 2. The summed E-state index contributed by atoms with van der Waals surface area (Å²) in [6.07, 6.45) is 1.54. The molecule has 0 fully saturated rings. The van der Waals surface area contributed by atoms with Gasteiger partial charge in [0.25, 0.3) is 0 Å². The highest BCUT2D eigenvalue weighted by Crippen LogP contribution is 2.31. The van der Waals surface area contributed by atoms with E-state index in [2.05, 4.69) is 0 Å². The molecule has 1 aliphatic heterocycles. The van der Waals surface area contributed by atoms with E-state index in [1.807, 2.05) is 35.6 Å². The van der Waals surface area contributed by atoms with E-state index in [9.17, 15) is 4.39 Å². The van der Waals surface area contributed by atoms with Gasteiger partial charge in [-0.25, -0.2) is 9.40 Å². The van der Waals surface area contributed by atoms with Crippen LogP contribution >= 0.6 is 11.3 Å². The molecule has 1 aromatic rings. The average molecular weight is 198 g/mol. The van der Waals surface area contributed by atoms with Crippen molar-refractivity contribution in [3.63, 3.8) is 0 Å². The van der Waals surface area contributed by atoms with E-state index in [-0.39, 0.29) is 5.83 Å². The largest absolute Gasteiger partial charge is 0.305 e. The van der Waals surface area contributed by atoms with Crippen LogP contribution in [0.2, 0.25) is 0 Å². The molecule has 0 spiro atoms. The zero-order valence-electron chi connectivity index (χ0n) is 7.62. The lowest BCUT2D eigenvalue weighted by Crippen LogP contribution is -2.33. The summed E-state index contributed by atoms with van der Waals surface area (Å²) in [4.78, 5) is 1.09. The second kappa shape index (κ2) is 3.12. The molecule has 0 N–H and O–H groups in total. The van der Waals surface area contributed by atoms with Crippen molar-refractivity contribution in [1.82, 2.24) is 10.0 Å². The Morgan fingerprint density at radius 3 is 3.00 bits per heavy atom. The third kappa shape index (κ3) is 1.47. The second-order valence-corrected chi connectivity index (χ2v) is 4.18. The summed E-state index contributed by atoms with van der Waals surface area (Å²) in [5, 5.41) is 5.66. The Morgan fingerprint density at radius 1 is 1.54 bits per heavy atom. The zero-order chi connectivity index (χ0) is 9.42. The fraction of sp³-hybridized carbons (Fsp3) is 0.333. The van der Waals surface area contributed by atoms with Gasteiger partial charge in [-0.2, -0.15) is 0 Å². The van der Waals surface area contributed by atoms with Crippen molar-refractivity contribution >= 4 is 17.2 Å². The van der Waals surface area contributed by atoms with Gasteiger partial charge in [0, 0.05) is 24.5 Å². The standard InChI is InChI=1S/C9H11FN2S/c1-11(2)12-5-8(10)7-3-4-13-9(7)6-12/h3-5H,6H2,1-2H3. The Bertz CT molecular complexity index is 343. The first-order valence-electron chi connectivity index (χ1n) is 4.06. The van der Waals surface area contributed by atoms with Crippen LogP contribution < -0.4 is 0 Å². The maximum Gasteiger partial charge on any atom is 0.148 e. The van der Waals surface area contributed by atoms with E-state index >= 15 is 0 Å². The van der Waals surface area contributed by atoms with Crippen molar-refractivity contribution in [2.45, 2.75) is 6.54 Å². The molecule has 0 saturated heterocycles. The summed E-state index contributed by atoms with van der Waals surface area (Å²) in [5.74, 6) is -0.142. The van der Waals surface area contributed by atoms with E-state index in [4.69, 9.17) is 0 Å². The summed E-state index contributed by atoms with van der Waals surface area (Å²) in [7, 11) is 3.81. The van der Waals surface area contributed by atoms with Gasteiger partial charge >= 0.3 is 0 Å². The Balaban J connectivity index is 2.35. The minimum Gasteiger partial charge on any atom is -0.305 e. The molecule has 0 unspecified atom stereocenters. The molecule has 2 rings (SSSR count). The molecule has 1 aromatic heterocycles. The molecule has 0 atom stereocenters. The predicted molar refractivity (Wildman–Crippen MR) is 52.6 cm³/mol. The van der Waals surface area contributed by atoms with E-state index in [0.717, 1.165) is 17.0 Å². The van der Waals surface area contributed by atoms with Crippen LogP contribution in [0.4, 0.5) is 4.39 Å². The number of hydrogen-bond donors (Lipinski definition) is 0. The Kier molecular flexibility index (Phi) is 2.09. The van der Waals surface area contributed by atoms with Crippen LogP contribution in [0.3, 0.4) is 0 Å². The smallest absolute Gasteiger partial charge is 0.148 e. The molecule has 1 aliphatic rings. The summed E-state index contributed by atoms with van der Waals surface area (Å²) in [5.41, 5.74) is 0.753. The average Bonchev–Trinajstić information content (AvgIpc) is 2.51. The van der Waals surface area contributed by atoms with Crippen molar-refractivity contribution in [1.29, 1.82) is 0 Å². The number of hydrogen-bond acceptors (Lipinski definition) is 3. The van der Waals surface area contributed by atoms with E-state index in [1.165, 1.54) is 6.20 Å². The maximum absolute atomic E-state index is 13.4. The van der Waals surface area contributed by atoms with Crippen molar-refractivity contribution in [2.24, 2.45) is 0 Å². The fourth-order valence-electron chi connectivity index (χ4n) is 1.33. The summed E-state index contributed by atoms with van der Waals surface area (Å²) < 4.78 is 13.4. The first-order chi connectivity index (χ1) is 6.18. The maximum atomic E-state index is 13.4. The minimum atomic E-state index is -0.142. The highest BCUT2D eigenvalue weighted by Gasteiger charge is 2.19. The monoisotopic (exact) mass is 198 g/mol. The van der Waals surface area contributed by atoms with Gasteiger partial charge in [0.2, 0.25) is 0 Å². The Labute approximate surface area is 80.9 Å². The molecule has 0 saturated carbocycles. The molecular weight excluding hydrogens is 187 g/mol. The molecule has 0 bridgehead atoms. The van der Waals surface area contributed by atoms with E-state index < -0.39 is 0 Å². The quantitative estimate of drug-likeness (QED) is 0.683. The first kappa shape index (κ1) is 8.72. The molecule has 0 radical (unpaired) electrons. The Hall–Kier alpha value is -0.870. The molecule has 4 heteroatoms. The first-order valence-corrected chi connectivity index (χ1v) is 4.94. The molecule has 0 aromatic carbocycles. The lowest BCUT2D eigenvalue weighted by Gasteiger charge is -2.29. The second-order valence-electron chi connectivity index (χ2n) is 3.18. The zero-order valence-corrected chi connectivity index (χ0v) is 8.44. The van der Waals surface area contributed by atoms with Crippen LogP contribution in [0, 0.1) is 0 Å². The van der Waals surface area contributed by atoms with Gasteiger partial charge in [-0.3, -0.25) is 0 Å². The topological polar surface area (TPSA) is 6.48 Å². The van der Waals surface area contributed by atoms with Crippen LogP contribution in [-0.2, 0) is 6.54 Å². The van der Waals surface area contributed by atoms with Crippen LogP contribution in [0.5, 0.6) is 0 Å². The van der Waals surface area contributed by atoms with Gasteiger partial charge in [-0.05, 0) is 11.4 Å². The molecule has 70 valence electrons. The number of halogens is 1. The Morgan fingerprint density at radius 2 is 2.31 bits per heavy atom. The molecule has 13 heavy (non-hydrogen) atoms. The van der Waals surface area contributed by atoms with Gasteiger partial charge in [-0.15, -0.1) is 11.3 Å². The van der Waals surface area contributed by atoms with Crippen LogP contribution in [0.1, 0.15) is 10.4 Å². The number of hydrazine groups is 1. The summed E-state index contributed by atoms with van der Waals surface area (Å²) in [6, 6.07) is 1.83. The molecule has 2 heterocycles. The van der Waals surface area contributed by atoms with Crippen LogP contribution in [0.25, 0.3) is 5.83 Å². The molecule has 0 aliphatic carbocycles. The third-order valence-corrected chi connectivity index (χ3v) is 2.99. The summed E-state index contributed by atoms with van der Waals surface area (Å²) in [6.45, 7) is 0.771. The fourth-order valence-corrected chi connectivity index (χ4v) is 2.19. The molecule has 0 amide bonds. The number of rotatable bonds is 1. The lowest BCUT2D eigenvalue weighted by molar-refractivity contribution is 0.0725. The SMILES string of the molecule is CN(C)N1C=C(F)c2ccsc2C1. The lowest BCUT2D eigenvalue weighted by atomic mass is 10.2. The third-order valence-electron chi connectivity index (χ3n) is 2.08. The van der Waals surface area contributed by atoms with E-state index in [1.54, 1.807) is 11.3 Å². The van der Waals surface area contributed by atoms with Crippen molar-refractivity contribution in [3.8, 4) is 0 Å². The normalized spacial score (nSPS) is 16.0. The molecule has 2 nitrogen and oxygen atoms in total. The summed E-state index contributed by atoms with van der Waals surface area (Å²) >= 11 is 1.60. The van der Waals surface area contributed by atoms with Gasteiger partial charge in [-0.1, -0.05) is 0 Å². The number of fused-ring (bicyclic) bond motifs is 1. The minimum absolute atomic E-state index is 0.142. The van der Waals surface area contributed by atoms with E-state index in [0.29, 0.717) is 0 Å². The van der Waals surface area contributed by atoms with Crippen molar-refractivity contribution in [2.75, 3.05) is 14.1 Å². The van der Waals surface area contributed by atoms with Gasteiger partial charge in [0.1, 0.15) is 5.83 Å².